The normalized spacial score (nSPS) is 10.8. The van der Waals surface area contributed by atoms with Crippen molar-refractivity contribution in [2.24, 2.45) is 0 Å². The van der Waals surface area contributed by atoms with Crippen LogP contribution in [-0.4, -0.2) is 42.8 Å². The Hall–Kier alpha value is -1.93. The number of methoxy groups -OCH3 is 2. The molecule has 2 rings (SSSR count). The van der Waals surface area contributed by atoms with Crippen LogP contribution < -0.4 is 10.1 Å². The molecule has 1 heterocycles. The van der Waals surface area contributed by atoms with Crippen LogP contribution in [0.15, 0.2) is 12.1 Å². The number of rotatable bonds is 6. The van der Waals surface area contributed by atoms with Crippen molar-refractivity contribution in [2.75, 3.05) is 27.4 Å². The van der Waals surface area contributed by atoms with Crippen molar-refractivity contribution in [3.8, 4) is 5.75 Å². The first-order chi connectivity index (χ1) is 10.1. The molecule has 0 saturated heterocycles. The third-order valence-electron chi connectivity index (χ3n) is 2.98. The topological polar surface area (TPSA) is 68.3 Å². The monoisotopic (exact) mass is 313 g/mol. The lowest BCUT2D eigenvalue weighted by Crippen LogP contribution is -2.30. The molecule has 2 aromatic rings. The number of imidazole rings is 1. The van der Waals surface area contributed by atoms with Gasteiger partial charge in [-0.1, -0.05) is 0 Å². The van der Waals surface area contributed by atoms with Crippen LogP contribution in [0.25, 0.3) is 11.0 Å². The first-order valence-electron chi connectivity index (χ1n) is 6.28. The van der Waals surface area contributed by atoms with Gasteiger partial charge < -0.3 is 24.3 Å². The molecule has 0 bridgehead atoms. The number of aromatic amines is 1. The van der Waals surface area contributed by atoms with Crippen molar-refractivity contribution in [1.29, 1.82) is 0 Å². The van der Waals surface area contributed by atoms with Crippen LogP contribution >= 0.6 is 12.2 Å². The molecule has 1 aromatic carbocycles. The van der Waals surface area contributed by atoms with Gasteiger partial charge in [-0.2, -0.15) is 0 Å². The van der Waals surface area contributed by atoms with E-state index in [0.717, 1.165) is 0 Å². The molecular formula is C13H16FN3O3S. The van der Waals surface area contributed by atoms with Gasteiger partial charge >= 0.3 is 0 Å². The van der Waals surface area contributed by atoms with Crippen LogP contribution in [0.2, 0.25) is 0 Å². The fraction of sp³-hybridized carbons (Fsp3) is 0.385. The molecule has 0 saturated carbocycles. The van der Waals surface area contributed by atoms with E-state index in [0.29, 0.717) is 29.0 Å². The molecule has 0 unspecified atom stereocenters. The predicted octanol–water partition coefficient (Wildman–Crippen LogP) is 1.61. The molecule has 1 aromatic heterocycles. The number of hydrogen-bond donors (Lipinski definition) is 2. The summed E-state index contributed by atoms with van der Waals surface area (Å²) < 4.78 is 25.4. The number of nitrogens with one attached hydrogen (secondary N) is 2. The van der Waals surface area contributed by atoms with Crippen molar-refractivity contribution in [1.82, 2.24) is 14.9 Å². The molecule has 0 fully saturated rings. The number of fused-ring (bicyclic) bond motifs is 1. The summed E-state index contributed by atoms with van der Waals surface area (Å²) in [5, 5.41) is 2.70. The second kappa shape index (κ2) is 6.68. The Morgan fingerprint density at radius 2 is 2.24 bits per heavy atom. The lowest BCUT2D eigenvalue weighted by molar-refractivity contribution is -0.121. The Labute approximate surface area is 125 Å². The molecule has 8 heteroatoms. The third kappa shape index (κ3) is 3.40. The summed E-state index contributed by atoms with van der Waals surface area (Å²) in [4.78, 5) is 14.7. The quantitative estimate of drug-likeness (QED) is 0.628. The highest BCUT2D eigenvalue weighted by atomic mass is 32.1. The minimum Gasteiger partial charge on any atom is -0.494 e. The highest BCUT2D eigenvalue weighted by Crippen LogP contribution is 2.24. The van der Waals surface area contributed by atoms with Gasteiger partial charge in [-0.25, -0.2) is 4.39 Å². The fourth-order valence-electron chi connectivity index (χ4n) is 1.96. The van der Waals surface area contributed by atoms with Gasteiger partial charge in [-0.05, 0) is 12.2 Å². The van der Waals surface area contributed by atoms with Crippen LogP contribution in [-0.2, 0) is 16.1 Å². The first-order valence-corrected chi connectivity index (χ1v) is 6.69. The van der Waals surface area contributed by atoms with Gasteiger partial charge in [0.1, 0.15) is 6.54 Å². The van der Waals surface area contributed by atoms with E-state index in [-0.39, 0.29) is 18.2 Å². The number of ether oxygens (including phenoxy) is 2. The smallest absolute Gasteiger partial charge is 0.240 e. The number of nitrogens with zero attached hydrogens (tertiary/aromatic N) is 1. The summed E-state index contributed by atoms with van der Waals surface area (Å²) in [6.45, 7) is 0.893. The van der Waals surface area contributed by atoms with Crippen molar-refractivity contribution in [3.05, 3.63) is 22.7 Å². The number of H-pyrrole nitrogens is 1. The Bertz CT molecular complexity index is 710. The van der Waals surface area contributed by atoms with Gasteiger partial charge in [0, 0.05) is 25.8 Å². The van der Waals surface area contributed by atoms with Crippen LogP contribution in [0, 0.1) is 10.6 Å². The number of amides is 1. The maximum atomic E-state index is 13.6. The lowest BCUT2D eigenvalue weighted by Gasteiger charge is -2.07. The van der Waals surface area contributed by atoms with E-state index >= 15 is 0 Å². The maximum Gasteiger partial charge on any atom is 0.240 e. The molecule has 0 aliphatic rings. The third-order valence-corrected chi connectivity index (χ3v) is 3.30. The van der Waals surface area contributed by atoms with Gasteiger partial charge in [0.15, 0.2) is 16.3 Å². The van der Waals surface area contributed by atoms with Gasteiger partial charge in [0.25, 0.3) is 0 Å². The lowest BCUT2D eigenvalue weighted by atomic mass is 10.3. The van der Waals surface area contributed by atoms with Gasteiger partial charge in [-0.15, -0.1) is 0 Å². The molecule has 0 spiro atoms. The van der Waals surface area contributed by atoms with E-state index in [4.69, 9.17) is 21.7 Å². The van der Waals surface area contributed by atoms with Gasteiger partial charge in [-0.3, -0.25) is 4.79 Å². The van der Waals surface area contributed by atoms with Crippen molar-refractivity contribution in [3.63, 3.8) is 0 Å². The predicted molar refractivity (Wildman–Crippen MR) is 78.5 cm³/mol. The second-order valence-corrected chi connectivity index (χ2v) is 4.75. The number of benzene rings is 1. The van der Waals surface area contributed by atoms with E-state index in [1.54, 1.807) is 11.7 Å². The highest BCUT2D eigenvalue weighted by Gasteiger charge is 2.12. The first kappa shape index (κ1) is 15.5. The van der Waals surface area contributed by atoms with Crippen LogP contribution in [0.4, 0.5) is 4.39 Å². The van der Waals surface area contributed by atoms with E-state index < -0.39 is 5.82 Å². The standard InChI is InChI=1S/C13H16FN3O3S/c1-19-4-3-15-12(18)7-17-10-6-11(20-2)8(14)5-9(10)16-13(17)21/h5-6H,3-4,7H2,1-2H3,(H,15,18)(H,16,21). The zero-order valence-electron chi connectivity index (χ0n) is 11.7. The Morgan fingerprint density at radius 3 is 2.90 bits per heavy atom. The van der Waals surface area contributed by atoms with Crippen molar-refractivity contribution in [2.45, 2.75) is 6.54 Å². The van der Waals surface area contributed by atoms with Crippen LogP contribution in [0.5, 0.6) is 5.75 Å². The van der Waals surface area contributed by atoms with Crippen LogP contribution in [0.1, 0.15) is 0 Å². The minimum absolute atomic E-state index is 0.0390. The number of aromatic nitrogens is 2. The van der Waals surface area contributed by atoms with Crippen molar-refractivity contribution >= 4 is 29.2 Å². The van der Waals surface area contributed by atoms with Gasteiger partial charge in [0.2, 0.25) is 5.91 Å². The molecule has 0 atom stereocenters. The molecule has 6 nitrogen and oxygen atoms in total. The Morgan fingerprint density at radius 1 is 1.48 bits per heavy atom. The SMILES string of the molecule is COCCNC(=O)Cn1c(=S)[nH]c2cc(F)c(OC)cc21. The summed E-state index contributed by atoms with van der Waals surface area (Å²) in [7, 11) is 2.94. The molecule has 21 heavy (non-hydrogen) atoms. The average Bonchev–Trinajstić information content (AvgIpc) is 2.73. The number of hydrogen-bond acceptors (Lipinski definition) is 4. The van der Waals surface area contributed by atoms with E-state index in [9.17, 15) is 9.18 Å². The molecule has 1 amide bonds. The van der Waals surface area contributed by atoms with E-state index in [1.165, 1.54) is 19.2 Å². The zero-order chi connectivity index (χ0) is 15.4. The number of carbonyl (C=O) groups excluding carboxylic acids is 1. The molecule has 0 aliphatic carbocycles. The summed E-state index contributed by atoms with van der Waals surface area (Å²) in [5.41, 5.74) is 1.13. The Balaban J connectivity index is 2.29. The van der Waals surface area contributed by atoms with Crippen molar-refractivity contribution < 1.29 is 18.7 Å². The second-order valence-electron chi connectivity index (χ2n) is 4.36. The summed E-state index contributed by atoms with van der Waals surface area (Å²) in [5.74, 6) is -0.588. The average molecular weight is 313 g/mol. The highest BCUT2D eigenvalue weighted by molar-refractivity contribution is 7.71. The molecule has 2 N–H and O–H groups in total. The van der Waals surface area contributed by atoms with E-state index in [1.807, 2.05) is 0 Å². The van der Waals surface area contributed by atoms with Gasteiger partial charge in [0.05, 0.1) is 24.8 Å². The molecule has 0 radical (unpaired) electrons. The summed E-state index contributed by atoms with van der Waals surface area (Å²) in [6.07, 6.45) is 0. The molecule has 114 valence electrons. The molecule has 0 aliphatic heterocycles. The fourth-order valence-corrected chi connectivity index (χ4v) is 2.24. The number of halogens is 1. The zero-order valence-corrected chi connectivity index (χ0v) is 12.6. The maximum absolute atomic E-state index is 13.6. The molecular weight excluding hydrogens is 297 g/mol. The van der Waals surface area contributed by atoms with Crippen LogP contribution in [0.3, 0.4) is 0 Å². The van der Waals surface area contributed by atoms with E-state index in [2.05, 4.69) is 10.3 Å². The minimum atomic E-state index is -0.488. The Kier molecular flexibility index (Phi) is 4.92. The largest absolute Gasteiger partial charge is 0.494 e. The summed E-state index contributed by atoms with van der Waals surface area (Å²) in [6, 6.07) is 2.81. The number of carbonyl (C=O) groups is 1. The summed E-state index contributed by atoms with van der Waals surface area (Å²) >= 11 is 5.17.